The molecule has 19 nitrogen and oxygen atoms in total. The largest absolute Gasteiger partial charge is 0.724 e. The van der Waals surface area contributed by atoms with Gasteiger partial charge in [-0.1, -0.05) is 28.1 Å². The molecule has 0 saturated carbocycles. The summed E-state index contributed by atoms with van der Waals surface area (Å²) < 4.78 is 61.1. The monoisotopic (exact) mass is 747 g/mol. The number of hydrogen-bond donors (Lipinski definition) is 5. The van der Waals surface area contributed by atoms with Crippen molar-refractivity contribution >= 4 is 67.8 Å². The number of ether oxygens (including phenoxy) is 1. The maximum absolute atomic E-state index is 15.2. The zero-order valence-corrected chi connectivity index (χ0v) is 28.3. The van der Waals surface area contributed by atoms with Crippen molar-refractivity contribution in [3.63, 3.8) is 0 Å². The molecule has 1 fully saturated rings. The third kappa shape index (κ3) is 8.17. The molecule has 2 amide bonds. The molecule has 1 aromatic carbocycles. The van der Waals surface area contributed by atoms with Gasteiger partial charge in [-0.15, -0.1) is 9.36 Å². The Morgan fingerprint density at radius 3 is 2.57 bits per heavy atom. The summed E-state index contributed by atoms with van der Waals surface area (Å²) in [5, 5.41) is 15.8. The van der Waals surface area contributed by atoms with Gasteiger partial charge < -0.3 is 41.8 Å². The zero-order valence-electron chi connectivity index (χ0n) is 26.0. The molecule has 0 spiro atoms. The predicted molar refractivity (Wildman–Crippen MR) is 169 cm³/mol. The van der Waals surface area contributed by atoms with Gasteiger partial charge in [-0.25, -0.2) is 22.6 Å². The van der Waals surface area contributed by atoms with Gasteiger partial charge in [-0.3, -0.25) is 9.59 Å². The lowest BCUT2D eigenvalue weighted by Crippen LogP contribution is -2.76. The van der Waals surface area contributed by atoms with E-state index >= 15 is 4.39 Å². The van der Waals surface area contributed by atoms with E-state index < -0.39 is 64.0 Å². The summed E-state index contributed by atoms with van der Waals surface area (Å²) in [6.07, 6.45) is 0.475. The van der Waals surface area contributed by atoms with Crippen LogP contribution in [0.1, 0.15) is 26.0 Å². The number of carboxylic acid groups (broad SMARTS) is 1. The van der Waals surface area contributed by atoms with E-state index in [4.69, 9.17) is 38.4 Å². The fraction of sp³-hybridized carbons (Fsp3) is 0.385. The summed E-state index contributed by atoms with van der Waals surface area (Å²) in [7, 11) is -3.60. The van der Waals surface area contributed by atoms with Crippen molar-refractivity contribution < 1.29 is 55.4 Å². The van der Waals surface area contributed by atoms with E-state index in [0.717, 1.165) is 17.4 Å². The Kier molecular flexibility index (Phi) is 11.0. The molecular formula is C26H31ClFN9O10S2. The van der Waals surface area contributed by atoms with Gasteiger partial charge >= 0.3 is 5.97 Å². The number of nitrogens with two attached hydrogens (primary N) is 3. The van der Waals surface area contributed by atoms with Crippen molar-refractivity contribution in [1.29, 1.82) is 0 Å². The highest BCUT2D eigenvalue weighted by Crippen LogP contribution is 2.34. The SMILES string of the molecule is Cn1c(N)c(-c2ccc(OC[C@H](O/N=C(\C(=O)N[C@@H]3C(=O)N(OS(=O)(=O)[O-])C3(C)C)c3nc(N)sc3Cl)C(=O)O)cc2F)c[n+]1CCCN. The molecule has 2 atom stereocenters. The van der Waals surface area contributed by atoms with Crippen LogP contribution in [0.25, 0.3) is 11.1 Å². The minimum atomic E-state index is -5.32. The maximum Gasteiger partial charge on any atom is 0.351 e. The lowest BCUT2D eigenvalue weighted by Gasteiger charge is -2.51. The van der Waals surface area contributed by atoms with Crippen molar-refractivity contribution in [1.82, 2.24) is 20.0 Å². The number of oxime groups is 1. The van der Waals surface area contributed by atoms with Gasteiger partial charge in [0.2, 0.25) is 16.6 Å². The van der Waals surface area contributed by atoms with Crippen LogP contribution in [-0.2, 0) is 47.5 Å². The van der Waals surface area contributed by atoms with Gasteiger partial charge in [-0.2, -0.15) is 9.35 Å². The molecule has 1 saturated heterocycles. The van der Waals surface area contributed by atoms with Gasteiger partial charge in [0, 0.05) is 18.1 Å². The van der Waals surface area contributed by atoms with Gasteiger partial charge in [0.1, 0.15) is 34.2 Å². The number of aryl methyl sites for hydroxylation is 1. The van der Waals surface area contributed by atoms with E-state index in [9.17, 15) is 32.5 Å². The number of thiazole rings is 1. The number of aromatic nitrogens is 3. The number of aliphatic carboxylic acids is 1. The number of nitrogen functional groups attached to an aromatic ring is 2. The first-order valence-corrected chi connectivity index (χ1v) is 16.5. The highest BCUT2D eigenvalue weighted by molar-refractivity contribution is 7.80. The van der Waals surface area contributed by atoms with Gasteiger partial charge in [0.15, 0.2) is 23.2 Å². The standard InChI is InChI=1S/C26H31ClFN9O10S2/c1-26(2)19(23(39)37(26)47-49(42,43)44)33-22(38)18(17-20(27)48-25(31)32-17)34-46-16(24(40)41)11-45-12-5-6-13(15(28)9-12)14-10-36(8-4-7-29)35(3)21(14)30/h5-6,9-10,16,19,30H,4,7-8,11,29H2,1-3H3,(H5,31,32,33,38,40,41,42,43,44)/b34-18-/t16-,19+/m0/s1. The summed E-state index contributed by atoms with van der Waals surface area (Å²) in [4.78, 5) is 46.8. The van der Waals surface area contributed by atoms with Crippen molar-refractivity contribution in [3.05, 3.63) is 40.2 Å². The Hall–Kier alpha value is -4.61. The molecule has 1 aliphatic heterocycles. The minimum Gasteiger partial charge on any atom is -0.724 e. The number of nitrogens with zero attached hydrogens (tertiary/aromatic N) is 5. The topological polar surface area (TPSA) is 284 Å². The Balaban J connectivity index is 1.51. The molecule has 0 aliphatic carbocycles. The third-order valence-corrected chi connectivity index (χ3v) is 8.63. The third-order valence-electron chi connectivity index (χ3n) is 7.22. The van der Waals surface area contributed by atoms with E-state index in [0.29, 0.717) is 30.9 Å². The van der Waals surface area contributed by atoms with Crippen LogP contribution in [0.5, 0.6) is 5.75 Å². The Morgan fingerprint density at radius 1 is 1.33 bits per heavy atom. The van der Waals surface area contributed by atoms with Gasteiger partial charge in [0.25, 0.3) is 17.9 Å². The quantitative estimate of drug-likeness (QED) is 0.0327. The summed E-state index contributed by atoms with van der Waals surface area (Å²) in [6, 6.07) is 2.36. The number of carbonyl (C=O) groups excluding carboxylic acids is 2. The van der Waals surface area contributed by atoms with Gasteiger partial charge in [-0.05, 0) is 32.5 Å². The zero-order chi connectivity index (χ0) is 36.4. The number of carboxylic acids is 1. The van der Waals surface area contributed by atoms with Crippen LogP contribution in [0.15, 0.2) is 29.6 Å². The number of β-lactam (4-membered cyclic amide) rings is 1. The number of halogens is 2. The van der Waals surface area contributed by atoms with E-state index in [1.807, 2.05) is 0 Å². The lowest BCUT2D eigenvalue weighted by atomic mass is 9.84. The summed E-state index contributed by atoms with van der Waals surface area (Å²) in [6.45, 7) is 2.86. The van der Waals surface area contributed by atoms with Crippen LogP contribution in [0.4, 0.5) is 15.3 Å². The smallest absolute Gasteiger partial charge is 0.351 e. The molecule has 8 N–H and O–H groups in total. The number of amides is 2. The van der Waals surface area contributed by atoms with Crippen molar-refractivity contribution in [2.45, 2.75) is 44.5 Å². The predicted octanol–water partition coefficient (Wildman–Crippen LogP) is -0.508. The first-order chi connectivity index (χ1) is 22.8. The molecule has 49 heavy (non-hydrogen) atoms. The van der Waals surface area contributed by atoms with Crippen LogP contribution in [0.3, 0.4) is 0 Å². The Morgan fingerprint density at radius 2 is 2.02 bits per heavy atom. The molecule has 23 heteroatoms. The Labute approximate surface area is 286 Å². The highest BCUT2D eigenvalue weighted by Gasteiger charge is 2.57. The number of hydrogen-bond acceptors (Lipinski definition) is 15. The van der Waals surface area contributed by atoms with Crippen LogP contribution >= 0.6 is 22.9 Å². The molecule has 0 radical (unpaired) electrons. The number of hydroxylamine groups is 2. The molecule has 1 aliphatic rings. The van der Waals surface area contributed by atoms with Crippen LogP contribution in [0, 0.1) is 5.82 Å². The second kappa shape index (κ2) is 14.5. The first kappa shape index (κ1) is 37.2. The molecule has 0 bridgehead atoms. The van der Waals surface area contributed by atoms with Gasteiger partial charge in [0.05, 0.1) is 18.2 Å². The van der Waals surface area contributed by atoms with E-state index in [1.165, 1.54) is 26.0 Å². The van der Waals surface area contributed by atoms with E-state index in [1.54, 1.807) is 22.6 Å². The number of nitrogens with one attached hydrogen (secondary N) is 1. The molecule has 0 unspecified atom stereocenters. The normalized spacial score (nSPS) is 16.6. The number of anilines is 2. The van der Waals surface area contributed by atoms with Crippen molar-refractivity contribution in [2.75, 3.05) is 24.6 Å². The summed E-state index contributed by atoms with van der Waals surface area (Å²) >= 11 is 6.90. The second-order valence-corrected chi connectivity index (χ2v) is 13.5. The summed E-state index contributed by atoms with van der Waals surface area (Å²) in [5.74, 6) is -4.35. The average molecular weight is 748 g/mol. The summed E-state index contributed by atoms with van der Waals surface area (Å²) in [5.41, 5.74) is 15.4. The molecule has 4 rings (SSSR count). The first-order valence-electron chi connectivity index (χ1n) is 14.0. The fourth-order valence-electron chi connectivity index (χ4n) is 4.60. The molecule has 266 valence electrons. The highest BCUT2D eigenvalue weighted by atomic mass is 35.5. The molecule has 3 heterocycles. The number of rotatable bonds is 15. The van der Waals surface area contributed by atoms with Crippen LogP contribution in [0.2, 0.25) is 4.34 Å². The molecule has 3 aromatic rings. The van der Waals surface area contributed by atoms with Crippen molar-refractivity contribution in [2.24, 2.45) is 17.9 Å². The maximum atomic E-state index is 15.2. The molecular weight excluding hydrogens is 717 g/mol. The second-order valence-electron chi connectivity index (χ2n) is 10.9. The van der Waals surface area contributed by atoms with Crippen LogP contribution < -0.4 is 31.9 Å². The van der Waals surface area contributed by atoms with Crippen molar-refractivity contribution in [3.8, 4) is 16.9 Å². The Bertz CT molecular complexity index is 1920. The fourth-order valence-corrected chi connectivity index (χ4v) is 5.98. The number of carbonyl (C=O) groups is 3. The van der Waals surface area contributed by atoms with Crippen LogP contribution in [-0.4, -0.2) is 87.1 Å². The average Bonchev–Trinajstić information content (AvgIpc) is 3.50. The van der Waals surface area contributed by atoms with E-state index in [2.05, 4.69) is 19.7 Å². The minimum absolute atomic E-state index is 0.0727. The lowest BCUT2D eigenvalue weighted by molar-refractivity contribution is -0.772. The number of benzene rings is 1. The molecule has 2 aromatic heterocycles. The van der Waals surface area contributed by atoms with E-state index in [-0.39, 0.29) is 31.5 Å².